The average Bonchev–Trinajstić information content (AvgIpc) is 2.76. The number of carbonyl (C=O) groups is 1. The lowest BCUT2D eigenvalue weighted by Crippen LogP contribution is -2.41. The van der Waals surface area contributed by atoms with Crippen LogP contribution in [0.4, 0.5) is 10.5 Å². The third-order valence-electron chi connectivity index (χ3n) is 3.80. The zero-order chi connectivity index (χ0) is 13.2. The van der Waals surface area contributed by atoms with Gasteiger partial charge in [-0.3, -0.25) is 4.90 Å². The van der Waals surface area contributed by atoms with Gasteiger partial charge in [-0.1, -0.05) is 31.5 Å². The zero-order valence-corrected chi connectivity index (χ0v) is 11.2. The highest BCUT2D eigenvalue weighted by atomic mass is 16.7. The quantitative estimate of drug-likeness (QED) is 0.782. The Labute approximate surface area is 113 Å². The number of nitrogens with zero attached hydrogens (tertiary/aromatic N) is 1. The van der Waals surface area contributed by atoms with E-state index in [2.05, 4.69) is 13.0 Å². The molecule has 0 N–H and O–H groups in total. The molecule has 1 saturated heterocycles. The first-order chi connectivity index (χ1) is 9.31. The molecule has 0 aliphatic carbocycles. The molecule has 1 amide bonds. The molecule has 0 spiro atoms. The predicted molar refractivity (Wildman–Crippen MR) is 72.2 cm³/mol. The van der Waals surface area contributed by atoms with Gasteiger partial charge in [0.15, 0.2) is 0 Å². The van der Waals surface area contributed by atoms with Crippen LogP contribution in [0.1, 0.15) is 31.7 Å². The van der Waals surface area contributed by atoms with Gasteiger partial charge in [-0.05, 0) is 30.9 Å². The number of aryl methyl sites for hydroxylation is 1. The summed E-state index contributed by atoms with van der Waals surface area (Å²) in [5, 5.41) is 0. The fraction of sp³-hybridized carbons (Fsp3) is 0.533. The minimum absolute atomic E-state index is 0.0271. The number of cyclic esters (lactones) is 1. The standard InChI is InChI=1S/C15H19NO3/c1-2-3-10-18-14-13-9-8-11-6-4-5-7-12(11)16(13)15(17)19-14/h4-7,13-14H,2-3,8-10H2,1H3. The van der Waals surface area contributed by atoms with E-state index in [4.69, 9.17) is 9.47 Å². The van der Waals surface area contributed by atoms with Gasteiger partial charge in [0.25, 0.3) is 0 Å². The second kappa shape index (κ2) is 5.21. The number of unbranched alkanes of at least 4 members (excludes halogenated alkanes) is 1. The Kier molecular flexibility index (Phi) is 3.42. The molecule has 1 aromatic rings. The number of fused-ring (bicyclic) bond motifs is 3. The maximum atomic E-state index is 12.0. The van der Waals surface area contributed by atoms with Crippen LogP contribution in [0, 0.1) is 0 Å². The number of benzene rings is 1. The number of hydrogen-bond donors (Lipinski definition) is 0. The molecular formula is C15H19NO3. The Morgan fingerprint density at radius 1 is 1.42 bits per heavy atom. The first-order valence-corrected chi connectivity index (χ1v) is 7.00. The van der Waals surface area contributed by atoms with Crippen LogP contribution < -0.4 is 4.90 Å². The molecule has 2 aliphatic heterocycles. The summed E-state index contributed by atoms with van der Waals surface area (Å²) in [7, 11) is 0. The maximum absolute atomic E-state index is 12.0. The molecule has 2 atom stereocenters. The lowest BCUT2D eigenvalue weighted by molar-refractivity contribution is -0.0933. The number of hydrogen-bond acceptors (Lipinski definition) is 3. The largest absolute Gasteiger partial charge is 0.417 e. The molecule has 4 heteroatoms. The number of anilines is 1. The molecule has 1 fully saturated rings. The van der Waals surface area contributed by atoms with Crippen molar-refractivity contribution in [3.8, 4) is 0 Å². The van der Waals surface area contributed by atoms with Gasteiger partial charge < -0.3 is 9.47 Å². The molecule has 2 unspecified atom stereocenters. The van der Waals surface area contributed by atoms with Crippen LogP contribution >= 0.6 is 0 Å². The van der Waals surface area contributed by atoms with Gasteiger partial charge in [-0.15, -0.1) is 0 Å². The Morgan fingerprint density at radius 2 is 2.26 bits per heavy atom. The summed E-state index contributed by atoms with van der Waals surface area (Å²) in [5.74, 6) is 0. The van der Waals surface area contributed by atoms with Crippen molar-refractivity contribution in [2.45, 2.75) is 44.9 Å². The Morgan fingerprint density at radius 3 is 3.11 bits per heavy atom. The number of para-hydroxylation sites is 1. The van der Waals surface area contributed by atoms with Gasteiger partial charge in [0.05, 0.1) is 12.3 Å². The summed E-state index contributed by atoms with van der Waals surface area (Å²) >= 11 is 0. The van der Waals surface area contributed by atoms with E-state index in [0.29, 0.717) is 6.61 Å². The average molecular weight is 261 g/mol. The first kappa shape index (κ1) is 12.5. The summed E-state index contributed by atoms with van der Waals surface area (Å²) in [6.45, 7) is 2.77. The fourth-order valence-corrected chi connectivity index (χ4v) is 2.78. The predicted octanol–water partition coefficient (Wildman–Crippen LogP) is 3.10. The fourth-order valence-electron chi connectivity index (χ4n) is 2.78. The molecule has 4 nitrogen and oxygen atoms in total. The highest BCUT2D eigenvalue weighted by molar-refractivity contribution is 5.92. The van der Waals surface area contributed by atoms with Crippen molar-refractivity contribution in [2.75, 3.05) is 11.5 Å². The molecule has 3 rings (SSSR count). The molecule has 19 heavy (non-hydrogen) atoms. The van der Waals surface area contributed by atoms with Crippen molar-refractivity contribution in [1.82, 2.24) is 0 Å². The number of carbonyl (C=O) groups excluding carboxylic acids is 1. The second-order valence-corrected chi connectivity index (χ2v) is 5.08. The van der Waals surface area contributed by atoms with Gasteiger partial charge in [0, 0.05) is 0 Å². The summed E-state index contributed by atoms with van der Waals surface area (Å²) in [6.07, 6.45) is 3.27. The van der Waals surface area contributed by atoms with E-state index in [1.54, 1.807) is 4.90 Å². The van der Waals surface area contributed by atoms with Crippen molar-refractivity contribution >= 4 is 11.8 Å². The normalized spacial score (nSPS) is 24.9. The molecule has 2 heterocycles. The second-order valence-electron chi connectivity index (χ2n) is 5.08. The molecule has 102 valence electrons. The zero-order valence-electron chi connectivity index (χ0n) is 11.2. The maximum Gasteiger partial charge on any atom is 0.417 e. The van der Waals surface area contributed by atoms with Crippen molar-refractivity contribution in [2.24, 2.45) is 0 Å². The highest BCUT2D eigenvalue weighted by Crippen LogP contribution is 2.37. The van der Waals surface area contributed by atoms with Gasteiger partial charge >= 0.3 is 6.09 Å². The van der Waals surface area contributed by atoms with Crippen LogP contribution in [0.5, 0.6) is 0 Å². The highest BCUT2D eigenvalue weighted by Gasteiger charge is 2.45. The summed E-state index contributed by atoms with van der Waals surface area (Å²) < 4.78 is 11.1. The molecular weight excluding hydrogens is 242 g/mol. The Hall–Kier alpha value is -1.55. The summed E-state index contributed by atoms with van der Waals surface area (Å²) in [4.78, 5) is 13.8. The lowest BCUT2D eigenvalue weighted by atomic mass is 9.96. The van der Waals surface area contributed by atoms with Crippen LogP contribution in [0.2, 0.25) is 0 Å². The van der Waals surface area contributed by atoms with E-state index in [1.165, 1.54) is 5.56 Å². The smallest absolute Gasteiger partial charge is 0.417 e. The van der Waals surface area contributed by atoms with E-state index >= 15 is 0 Å². The van der Waals surface area contributed by atoms with Crippen LogP contribution in [-0.2, 0) is 15.9 Å². The Bertz CT molecular complexity index is 474. The lowest BCUT2D eigenvalue weighted by Gasteiger charge is -2.30. The van der Waals surface area contributed by atoms with Crippen molar-refractivity contribution in [3.63, 3.8) is 0 Å². The third kappa shape index (κ3) is 2.21. The van der Waals surface area contributed by atoms with Crippen LogP contribution in [0.3, 0.4) is 0 Å². The molecule has 0 saturated carbocycles. The monoisotopic (exact) mass is 261 g/mol. The van der Waals surface area contributed by atoms with E-state index < -0.39 is 6.29 Å². The van der Waals surface area contributed by atoms with E-state index in [9.17, 15) is 4.79 Å². The molecule has 1 aromatic carbocycles. The minimum atomic E-state index is -0.410. The summed E-state index contributed by atoms with van der Waals surface area (Å²) in [6, 6.07) is 8.05. The van der Waals surface area contributed by atoms with E-state index in [1.807, 2.05) is 18.2 Å². The molecule has 2 aliphatic rings. The van der Waals surface area contributed by atoms with Gasteiger partial charge in [0.2, 0.25) is 6.29 Å². The number of rotatable bonds is 4. The van der Waals surface area contributed by atoms with Crippen molar-refractivity contribution in [3.05, 3.63) is 29.8 Å². The third-order valence-corrected chi connectivity index (χ3v) is 3.80. The number of amides is 1. The topological polar surface area (TPSA) is 38.8 Å². The molecule has 0 bridgehead atoms. The van der Waals surface area contributed by atoms with E-state index in [0.717, 1.165) is 31.4 Å². The van der Waals surface area contributed by atoms with Crippen molar-refractivity contribution < 1.29 is 14.3 Å². The first-order valence-electron chi connectivity index (χ1n) is 7.00. The minimum Gasteiger partial charge on any atom is -0.417 e. The van der Waals surface area contributed by atoms with Gasteiger partial charge in [-0.25, -0.2) is 4.79 Å². The molecule has 0 radical (unpaired) electrons. The van der Waals surface area contributed by atoms with Crippen LogP contribution in [-0.4, -0.2) is 25.0 Å². The SMILES string of the molecule is CCCCOC1OC(=O)N2c3ccccc3CCC12. The number of ether oxygens (including phenoxy) is 2. The summed E-state index contributed by atoms with van der Waals surface area (Å²) in [5.41, 5.74) is 2.19. The van der Waals surface area contributed by atoms with Gasteiger partial charge in [-0.2, -0.15) is 0 Å². The van der Waals surface area contributed by atoms with Crippen molar-refractivity contribution in [1.29, 1.82) is 0 Å². The van der Waals surface area contributed by atoms with Crippen LogP contribution in [0.25, 0.3) is 0 Å². The van der Waals surface area contributed by atoms with Crippen LogP contribution in [0.15, 0.2) is 24.3 Å². The Balaban J connectivity index is 1.78. The molecule has 0 aromatic heterocycles. The van der Waals surface area contributed by atoms with Gasteiger partial charge in [0.1, 0.15) is 6.04 Å². The van der Waals surface area contributed by atoms with E-state index in [-0.39, 0.29) is 12.1 Å².